The van der Waals surface area contributed by atoms with Crippen molar-refractivity contribution in [3.05, 3.63) is 89.5 Å². The first-order valence-corrected chi connectivity index (χ1v) is 8.69. The Morgan fingerprint density at radius 1 is 1.04 bits per heavy atom. The van der Waals surface area contributed by atoms with Gasteiger partial charge >= 0.3 is 0 Å². The minimum atomic E-state index is -1.22. The van der Waals surface area contributed by atoms with Gasteiger partial charge in [-0.25, -0.2) is 8.78 Å². The molecule has 28 heavy (non-hydrogen) atoms. The van der Waals surface area contributed by atoms with E-state index >= 15 is 0 Å². The molecule has 0 aromatic heterocycles. The van der Waals surface area contributed by atoms with E-state index in [9.17, 15) is 23.8 Å². The van der Waals surface area contributed by atoms with Gasteiger partial charge in [0.1, 0.15) is 17.7 Å². The first-order valence-electron chi connectivity index (χ1n) is 8.69. The van der Waals surface area contributed by atoms with Gasteiger partial charge in [0.15, 0.2) is 0 Å². The number of amides is 1. The standard InChI is InChI=1S/C22H19F2NO3/c23-18-9-7-15(19(24)12-18)8-10-21(28)25-22(20(27)13-26)17-6-5-14-3-1-2-4-16(14)11-17/h1-12,20,22,26-27H,13H2,(H,25,28)/b10-8+. The Labute approximate surface area is 160 Å². The third-order valence-corrected chi connectivity index (χ3v) is 4.38. The van der Waals surface area contributed by atoms with Crippen molar-refractivity contribution >= 4 is 22.8 Å². The lowest BCUT2D eigenvalue weighted by Gasteiger charge is -2.23. The van der Waals surface area contributed by atoms with Gasteiger partial charge < -0.3 is 15.5 Å². The third-order valence-electron chi connectivity index (χ3n) is 4.38. The predicted octanol–water partition coefficient (Wildman–Crippen LogP) is 3.34. The smallest absolute Gasteiger partial charge is 0.244 e. The number of benzene rings is 3. The van der Waals surface area contributed by atoms with Crippen LogP contribution in [0.15, 0.2) is 66.7 Å². The molecule has 0 radical (unpaired) electrons. The van der Waals surface area contributed by atoms with Crippen molar-refractivity contribution in [3.8, 4) is 0 Å². The second-order valence-electron chi connectivity index (χ2n) is 6.34. The predicted molar refractivity (Wildman–Crippen MR) is 103 cm³/mol. The fraction of sp³-hybridized carbons (Fsp3) is 0.136. The van der Waals surface area contributed by atoms with E-state index in [-0.39, 0.29) is 5.56 Å². The Morgan fingerprint density at radius 3 is 2.50 bits per heavy atom. The van der Waals surface area contributed by atoms with Crippen molar-refractivity contribution in [2.24, 2.45) is 0 Å². The minimum absolute atomic E-state index is 0.0570. The van der Waals surface area contributed by atoms with E-state index < -0.39 is 36.3 Å². The van der Waals surface area contributed by atoms with E-state index in [1.807, 2.05) is 36.4 Å². The second-order valence-corrected chi connectivity index (χ2v) is 6.34. The second kappa shape index (κ2) is 8.73. The molecule has 3 aromatic rings. The number of hydrogen-bond donors (Lipinski definition) is 3. The Balaban J connectivity index is 1.81. The molecular formula is C22H19F2NO3. The van der Waals surface area contributed by atoms with Gasteiger partial charge in [-0.05, 0) is 40.6 Å². The van der Waals surface area contributed by atoms with Gasteiger partial charge in [0.2, 0.25) is 5.91 Å². The molecule has 0 bridgehead atoms. The normalized spacial score (nSPS) is 13.6. The summed E-state index contributed by atoms with van der Waals surface area (Å²) in [6.45, 7) is -0.548. The zero-order chi connectivity index (χ0) is 20.1. The number of rotatable bonds is 6. The monoisotopic (exact) mass is 383 g/mol. The highest BCUT2D eigenvalue weighted by Gasteiger charge is 2.22. The molecule has 1 amide bonds. The van der Waals surface area contributed by atoms with Crippen molar-refractivity contribution in [1.29, 1.82) is 0 Å². The maximum atomic E-state index is 13.7. The first-order chi connectivity index (χ1) is 13.5. The van der Waals surface area contributed by atoms with Crippen LogP contribution in [0.4, 0.5) is 8.78 Å². The van der Waals surface area contributed by atoms with Gasteiger partial charge in [-0.2, -0.15) is 0 Å². The lowest BCUT2D eigenvalue weighted by atomic mass is 9.98. The average molecular weight is 383 g/mol. The largest absolute Gasteiger partial charge is 0.394 e. The lowest BCUT2D eigenvalue weighted by Crippen LogP contribution is -2.37. The Morgan fingerprint density at radius 2 is 1.79 bits per heavy atom. The summed E-state index contributed by atoms with van der Waals surface area (Å²) in [6.07, 6.45) is 1.09. The summed E-state index contributed by atoms with van der Waals surface area (Å²) in [5.74, 6) is -2.08. The Bertz CT molecular complexity index is 1020. The van der Waals surface area contributed by atoms with Gasteiger partial charge in [-0.3, -0.25) is 4.79 Å². The topological polar surface area (TPSA) is 69.6 Å². The molecule has 2 atom stereocenters. The Kier molecular flexibility index (Phi) is 6.13. The van der Waals surface area contributed by atoms with E-state index in [2.05, 4.69) is 5.32 Å². The molecule has 3 rings (SSSR count). The summed E-state index contributed by atoms with van der Waals surface area (Å²) in [5, 5.41) is 24.1. The van der Waals surface area contributed by atoms with Crippen molar-refractivity contribution in [1.82, 2.24) is 5.32 Å². The number of aliphatic hydroxyl groups excluding tert-OH is 2. The van der Waals surface area contributed by atoms with Gasteiger partial charge in [0, 0.05) is 17.7 Å². The number of carbonyl (C=O) groups excluding carboxylic acids is 1. The summed E-state index contributed by atoms with van der Waals surface area (Å²) in [5.41, 5.74) is 0.677. The average Bonchev–Trinajstić information content (AvgIpc) is 2.70. The van der Waals surface area contributed by atoms with E-state index in [0.717, 1.165) is 29.0 Å². The molecule has 144 valence electrons. The lowest BCUT2D eigenvalue weighted by molar-refractivity contribution is -0.118. The first kappa shape index (κ1) is 19.7. The molecule has 0 spiro atoms. The molecular weight excluding hydrogens is 364 g/mol. The zero-order valence-corrected chi connectivity index (χ0v) is 14.8. The molecule has 3 aromatic carbocycles. The SMILES string of the molecule is O=C(/C=C/c1ccc(F)cc1F)NC(c1ccc2ccccc2c1)C(O)CO. The van der Waals surface area contributed by atoms with Crippen LogP contribution in [-0.4, -0.2) is 28.8 Å². The van der Waals surface area contributed by atoms with Gasteiger partial charge in [0.05, 0.1) is 12.6 Å². The van der Waals surface area contributed by atoms with Crippen LogP contribution in [0, 0.1) is 11.6 Å². The van der Waals surface area contributed by atoms with Crippen molar-refractivity contribution in [3.63, 3.8) is 0 Å². The number of aliphatic hydroxyl groups is 2. The molecule has 0 aliphatic rings. The number of hydrogen-bond acceptors (Lipinski definition) is 3. The number of fused-ring (bicyclic) bond motifs is 1. The van der Waals surface area contributed by atoms with Crippen molar-refractivity contribution < 1.29 is 23.8 Å². The molecule has 2 unspecified atom stereocenters. The van der Waals surface area contributed by atoms with Crippen LogP contribution in [0.5, 0.6) is 0 Å². The minimum Gasteiger partial charge on any atom is -0.394 e. The van der Waals surface area contributed by atoms with Crippen LogP contribution in [0.1, 0.15) is 17.2 Å². The number of halogens is 2. The van der Waals surface area contributed by atoms with E-state index in [4.69, 9.17) is 0 Å². The van der Waals surface area contributed by atoms with Crippen LogP contribution >= 0.6 is 0 Å². The molecule has 0 heterocycles. The summed E-state index contributed by atoms with van der Waals surface area (Å²) in [6, 6.07) is 15.2. The maximum absolute atomic E-state index is 13.7. The highest BCUT2D eigenvalue weighted by Crippen LogP contribution is 2.23. The highest BCUT2D eigenvalue weighted by molar-refractivity contribution is 5.92. The fourth-order valence-corrected chi connectivity index (χ4v) is 2.91. The molecule has 0 saturated heterocycles. The number of carbonyl (C=O) groups is 1. The summed E-state index contributed by atoms with van der Waals surface area (Å²) in [4.78, 5) is 12.3. The molecule has 0 saturated carbocycles. The maximum Gasteiger partial charge on any atom is 0.244 e. The van der Waals surface area contributed by atoms with E-state index in [1.54, 1.807) is 6.07 Å². The molecule has 0 fully saturated rings. The van der Waals surface area contributed by atoms with Gasteiger partial charge in [-0.15, -0.1) is 0 Å². The van der Waals surface area contributed by atoms with Crippen LogP contribution in [0.25, 0.3) is 16.8 Å². The summed E-state index contributed by atoms with van der Waals surface area (Å²) in [7, 11) is 0. The van der Waals surface area contributed by atoms with Crippen LogP contribution < -0.4 is 5.32 Å². The fourth-order valence-electron chi connectivity index (χ4n) is 2.91. The molecule has 0 aliphatic heterocycles. The molecule has 3 N–H and O–H groups in total. The number of nitrogens with one attached hydrogen (secondary N) is 1. The quantitative estimate of drug-likeness (QED) is 0.572. The van der Waals surface area contributed by atoms with Crippen molar-refractivity contribution in [2.45, 2.75) is 12.1 Å². The van der Waals surface area contributed by atoms with Crippen LogP contribution in [0.3, 0.4) is 0 Å². The van der Waals surface area contributed by atoms with E-state index in [0.29, 0.717) is 5.56 Å². The molecule has 4 nitrogen and oxygen atoms in total. The van der Waals surface area contributed by atoms with Gasteiger partial charge in [0.25, 0.3) is 0 Å². The van der Waals surface area contributed by atoms with Crippen LogP contribution in [0.2, 0.25) is 0 Å². The summed E-state index contributed by atoms with van der Waals surface area (Å²) < 4.78 is 26.6. The van der Waals surface area contributed by atoms with Crippen LogP contribution in [-0.2, 0) is 4.79 Å². The zero-order valence-electron chi connectivity index (χ0n) is 14.8. The van der Waals surface area contributed by atoms with E-state index in [1.165, 1.54) is 12.1 Å². The van der Waals surface area contributed by atoms with Crippen molar-refractivity contribution in [2.75, 3.05) is 6.61 Å². The third kappa shape index (κ3) is 4.60. The summed E-state index contributed by atoms with van der Waals surface area (Å²) >= 11 is 0. The highest BCUT2D eigenvalue weighted by atomic mass is 19.1. The Hall–Kier alpha value is -3.09. The molecule has 6 heteroatoms. The molecule has 0 aliphatic carbocycles. The van der Waals surface area contributed by atoms with Gasteiger partial charge in [-0.1, -0.05) is 36.4 Å².